The van der Waals surface area contributed by atoms with Crippen LogP contribution in [0.2, 0.25) is 0 Å². The van der Waals surface area contributed by atoms with Gasteiger partial charge in [-0.05, 0) is 13.3 Å². The molecule has 1 aliphatic heterocycles. The minimum Gasteiger partial charge on any atom is -0.480 e. The van der Waals surface area contributed by atoms with E-state index in [0.717, 1.165) is 21.4 Å². The van der Waals surface area contributed by atoms with Crippen molar-refractivity contribution >= 4 is 5.97 Å². The van der Waals surface area contributed by atoms with Gasteiger partial charge in [0.2, 0.25) is 0 Å². The van der Waals surface area contributed by atoms with Crippen molar-refractivity contribution in [2.24, 2.45) is 5.73 Å². The zero-order chi connectivity index (χ0) is 18.9. The fourth-order valence-corrected chi connectivity index (χ4v) is 2.76. The Morgan fingerprint density at radius 3 is 2.60 bits per heavy atom. The summed E-state index contributed by atoms with van der Waals surface area (Å²) >= 11 is 0. The molecule has 1 unspecified atom stereocenters. The molecule has 0 aromatic carbocycles. The maximum Gasteiger partial charge on any atom is 0.333 e. The Morgan fingerprint density at radius 2 is 2.08 bits per heavy atom. The zero-order valence-corrected chi connectivity index (χ0v) is 13.5. The first-order valence-electron chi connectivity index (χ1n) is 7.59. The summed E-state index contributed by atoms with van der Waals surface area (Å²) in [5, 5.41) is 38.1. The van der Waals surface area contributed by atoms with Crippen molar-refractivity contribution in [2.75, 3.05) is 6.61 Å². The van der Waals surface area contributed by atoms with Crippen molar-refractivity contribution in [2.45, 2.75) is 50.0 Å². The summed E-state index contributed by atoms with van der Waals surface area (Å²) in [6.07, 6.45) is -3.12. The average Bonchev–Trinajstić information content (AvgIpc) is 2.78. The minimum absolute atomic E-state index is 0.156. The molecule has 0 spiro atoms. The predicted molar refractivity (Wildman–Crippen MR) is 82.8 cm³/mol. The number of carboxylic acids is 1. The fourth-order valence-electron chi connectivity index (χ4n) is 2.76. The molecule has 1 saturated heterocycles. The van der Waals surface area contributed by atoms with Gasteiger partial charge in [-0.3, -0.25) is 18.7 Å². The number of aliphatic hydroxyl groups is 3. The highest BCUT2D eigenvalue weighted by atomic mass is 16.6. The molecule has 11 nitrogen and oxygen atoms in total. The summed E-state index contributed by atoms with van der Waals surface area (Å²) in [5.41, 5.74) is 2.13. The van der Waals surface area contributed by atoms with Gasteiger partial charge >= 0.3 is 11.7 Å². The highest BCUT2D eigenvalue weighted by Gasteiger charge is 2.52. The van der Waals surface area contributed by atoms with Crippen LogP contribution in [0, 0.1) is 0 Å². The van der Waals surface area contributed by atoms with Crippen LogP contribution >= 0.6 is 0 Å². The molecule has 0 amide bonds. The van der Waals surface area contributed by atoms with E-state index >= 15 is 0 Å². The Kier molecular flexibility index (Phi) is 5.44. The van der Waals surface area contributed by atoms with E-state index in [-0.39, 0.29) is 13.0 Å². The Morgan fingerprint density at radius 1 is 1.44 bits per heavy atom. The van der Waals surface area contributed by atoms with Crippen molar-refractivity contribution in [3.05, 3.63) is 33.1 Å². The van der Waals surface area contributed by atoms with E-state index in [1.807, 2.05) is 0 Å². The second-order valence-electron chi connectivity index (χ2n) is 6.02. The molecule has 1 aromatic rings. The largest absolute Gasteiger partial charge is 0.480 e. The Labute approximate surface area is 141 Å². The van der Waals surface area contributed by atoms with Crippen LogP contribution in [0.3, 0.4) is 0 Å². The molecule has 0 aliphatic carbocycles. The van der Waals surface area contributed by atoms with Crippen molar-refractivity contribution in [1.82, 2.24) is 9.13 Å². The van der Waals surface area contributed by atoms with Crippen LogP contribution in [-0.4, -0.2) is 66.5 Å². The Bertz CT molecular complexity index is 759. The summed E-state index contributed by atoms with van der Waals surface area (Å²) in [4.78, 5) is 35.3. The number of aliphatic hydroxyl groups excluding tert-OH is 3. The maximum atomic E-state index is 12.6. The van der Waals surface area contributed by atoms with Crippen LogP contribution in [-0.2, 0) is 21.8 Å². The van der Waals surface area contributed by atoms with Crippen LogP contribution in [0.4, 0.5) is 0 Å². The molecule has 0 saturated carbocycles. The van der Waals surface area contributed by atoms with Crippen LogP contribution in [0.5, 0.6) is 0 Å². The average molecular weight is 359 g/mol. The van der Waals surface area contributed by atoms with Gasteiger partial charge in [-0.1, -0.05) is 0 Å². The Balaban J connectivity index is 2.41. The number of ether oxygens (including phenoxy) is 1. The maximum absolute atomic E-state index is 12.6. The molecule has 2 rings (SSSR count). The van der Waals surface area contributed by atoms with E-state index in [2.05, 4.69) is 0 Å². The van der Waals surface area contributed by atoms with Crippen LogP contribution in [0.25, 0.3) is 0 Å². The van der Waals surface area contributed by atoms with E-state index in [9.17, 15) is 29.7 Å². The molecular weight excluding hydrogens is 338 g/mol. The van der Waals surface area contributed by atoms with E-state index < -0.39 is 53.9 Å². The monoisotopic (exact) mass is 359 g/mol. The molecule has 25 heavy (non-hydrogen) atoms. The SMILES string of the molecule is C[C@@]1(n2ccc(=O)n(CCC(N)C(=O)O)c2=O)O[C@H](CO)[C@@H](O)[C@H]1O. The number of aromatic nitrogens is 2. The van der Waals surface area contributed by atoms with Gasteiger partial charge in [0.1, 0.15) is 24.4 Å². The molecule has 6 N–H and O–H groups in total. The lowest BCUT2D eigenvalue weighted by Crippen LogP contribution is -2.52. The molecule has 11 heteroatoms. The van der Waals surface area contributed by atoms with E-state index in [1.54, 1.807) is 0 Å². The molecule has 1 aliphatic rings. The highest BCUT2D eigenvalue weighted by Crippen LogP contribution is 2.33. The van der Waals surface area contributed by atoms with Gasteiger partial charge < -0.3 is 30.9 Å². The molecule has 1 fully saturated rings. The number of nitrogens with zero attached hydrogens (tertiary/aromatic N) is 2. The van der Waals surface area contributed by atoms with Gasteiger partial charge in [0.05, 0.1) is 6.61 Å². The molecule has 0 radical (unpaired) electrons. The molecule has 0 bridgehead atoms. The number of hydrogen-bond donors (Lipinski definition) is 5. The smallest absolute Gasteiger partial charge is 0.333 e. The molecule has 140 valence electrons. The van der Waals surface area contributed by atoms with E-state index in [1.165, 1.54) is 6.92 Å². The van der Waals surface area contributed by atoms with E-state index in [4.69, 9.17) is 15.6 Å². The van der Waals surface area contributed by atoms with Crippen molar-refractivity contribution in [3.8, 4) is 0 Å². The van der Waals surface area contributed by atoms with Gasteiger partial charge in [0.25, 0.3) is 5.56 Å². The summed E-state index contributed by atoms with van der Waals surface area (Å²) in [6.45, 7) is 0.509. The number of carbonyl (C=O) groups is 1. The molecule has 5 atom stereocenters. The quantitative estimate of drug-likeness (QED) is 0.346. The third-order valence-corrected chi connectivity index (χ3v) is 4.35. The number of hydrogen-bond acceptors (Lipinski definition) is 8. The number of aliphatic carboxylic acids is 1. The topological polar surface area (TPSA) is 177 Å². The lowest BCUT2D eigenvalue weighted by Gasteiger charge is -2.30. The fraction of sp³-hybridized carbons (Fsp3) is 0.643. The highest BCUT2D eigenvalue weighted by molar-refractivity contribution is 5.72. The third kappa shape index (κ3) is 3.37. The van der Waals surface area contributed by atoms with Gasteiger partial charge in [-0.15, -0.1) is 0 Å². The van der Waals surface area contributed by atoms with Crippen molar-refractivity contribution in [1.29, 1.82) is 0 Å². The van der Waals surface area contributed by atoms with Gasteiger partial charge in [0.15, 0.2) is 5.72 Å². The minimum atomic E-state index is -1.71. The second-order valence-corrected chi connectivity index (χ2v) is 6.02. The third-order valence-electron chi connectivity index (χ3n) is 4.35. The molecular formula is C14H21N3O8. The van der Waals surface area contributed by atoms with E-state index in [0.29, 0.717) is 0 Å². The standard InChI is InChI=1S/C14H21N3O8/c1-14(11(21)10(20)8(6-18)25-14)17-5-3-9(19)16(13(17)24)4-2-7(15)12(22)23/h3,5,7-8,10-11,18,20-21H,2,4,6,15H2,1H3,(H,22,23)/t7?,8-,10-,11-,14-/m1/s1. The first-order chi connectivity index (χ1) is 11.6. The predicted octanol–water partition coefficient (Wildman–Crippen LogP) is -3.40. The number of carboxylic acid groups (broad SMARTS) is 1. The van der Waals surface area contributed by atoms with Crippen molar-refractivity contribution in [3.63, 3.8) is 0 Å². The summed E-state index contributed by atoms with van der Waals surface area (Å²) < 4.78 is 7.11. The summed E-state index contributed by atoms with van der Waals surface area (Å²) in [5.74, 6) is -1.26. The first-order valence-corrected chi connectivity index (χ1v) is 7.59. The Hall–Kier alpha value is -2.05. The normalized spacial score (nSPS) is 30.4. The van der Waals surface area contributed by atoms with Crippen LogP contribution < -0.4 is 17.0 Å². The number of rotatable bonds is 6. The lowest BCUT2D eigenvalue weighted by atomic mass is 10.0. The van der Waals surface area contributed by atoms with Gasteiger partial charge in [-0.25, -0.2) is 4.79 Å². The molecule has 2 heterocycles. The molecule has 1 aromatic heterocycles. The second kappa shape index (κ2) is 7.06. The van der Waals surface area contributed by atoms with Crippen LogP contribution in [0.1, 0.15) is 13.3 Å². The summed E-state index contributed by atoms with van der Waals surface area (Å²) in [6, 6.07) is -0.197. The lowest BCUT2D eigenvalue weighted by molar-refractivity contribution is -0.139. The van der Waals surface area contributed by atoms with Gasteiger partial charge in [-0.2, -0.15) is 0 Å². The number of nitrogens with two attached hydrogens (primary N) is 1. The first kappa shape index (κ1) is 19.3. The zero-order valence-electron chi connectivity index (χ0n) is 13.5. The van der Waals surface area contributed by atoms with Gasteiger partial charge in [0, 0.05) is 18.8 Å². The summed E-state index contributed by atoms with van der Waals surface area (Å²) in [7, 11) is 0. The van der Waals surface area contributed by atoms with Crippen LogP contribution in [0.15, 0.2) is 21.9 Å². The van der Waals surface area contributed by atoms with Crippen molar-refractivity contribution < 1.29 is 30.0 Å².